The number of pyridine rings is 1. The van der Waals surface area contributed by atoms with E-state index in [1.54, 1.807) is 11.7 Å². The van der Waals surface area contributed by atoms with Gasteiger partial charge in [0, 0.05) is 42.5 Å². The average molecular weight is 565 g/mol. The second kappa shape index (κ2) is 10.6. The van der Waals surface area contributed by atoms with Gasteiger partial charge in [0.15, 0.2) is 0 Å². The number of ether oxygens (including phenoxy) is 1. The van der Waals surface area contributed by atoms with Crippen LogP contribution < -0.4 is 21.1 Å². The van der Waals surface area contributed by atoms with Gasteiger partial charge in [-0.15, -0.1) is 11.3 Å². The van der Waals surface area contributed by atoms with Gasteiger partial charge in [-0.05, 0) is 43.9 Å². The highest BCUT2D eigenvalue weighted by molar-refractivity contribution is 7.09. The van der Waals surface area contributed by atoms with Gasteiger partial charge in [0.1, 0.15) is 5.60 Å². The minimum Gasteiger partial charge on any atom is -0.391 e. The highest BCUT2D eigenvalue weighted by atomic mass is 32.1. The number of amides is 2. The molecule has 0 radical (unpaired) electrons. The SMILES string of the molecule is NC(=O)Oc1cc(NCC(=O)NC2CN([C@H]3CC[C@](O)(c4cncs4)CC3)C2)c2cc(C(F)(F)F)ccc2n1. The number of anilines is 1. The second-order valence-corrected chi connectivity index (χ2v) is 10.7. The van der Waals surface area contributed by atoms with E-state index in [0.29, 0.717) is 32.0 Å². The van der Waals surface area contributed by atoms with E-state index < -0.39 is 23.4 Å². The number of primary amides is 1. The summed E-state index contributed by atoms with van der Waals surface area (Å²) in [6.07, 6.45) is -0.951. The summed E-state index contributed by atoms with van der Waals surface area (Å²) in [4.78, 5) is 35.0. The van der Waals surface area contributed by atoms with E-state index in [1.165, 1.54) is 17.4 Å². The molecule has 0 unspecified atom stereocenters. The molecule has 2 aliphatic rings. The first-order valence-corrected chi connectivity index (χ1v) is 13.3. The maximum absolute atomic E-state index is 13.3. The van der Waals surface area contributed by atoms with Crippen molar-refractivity contribution in [2.45, 2.75) is 49.5 Å². The van der Waals surface area contributed by atoms with Crippen LogP contribution in [-0.4, -0.2) is 63.7 Å². The molecule has 1 aliphatic heterocycles. The molecule has 10 nitrogen and oxygen atoms in total. The minimum absolute atomic E-state index is 0.0543. The van der Waals surface area contributed by atoms with Crippen molar-refractivity contribution >= 4 is 39.9 Å². The molecule has 2 fully saturated rings. The van der Waals surface area contributed by atoms with Crippen LogP contribution in [0, 0.1) is 0 Å². The zero-order valence-electron chi connectivity index (χ0n) is 20.7. The number of nitrogens with two attached hydrogens (primary N) is 1. The number of nitrogens with zero attached hydrogens (tertiary/aromatic N) is 3. The standard InChI is InChI=1S/C25H27F3N6O4S/c26-25(27,28)14-1-2-18-17(7-14)19(8-22(33-18)38-23(29)36)31-10-21(35)32-15-11-34(12-15)16-3-5-24(37,6-4-16)20-9-30-13-39-20/h1-2,7-9,13,15-16,37H,3-6,10-12H2,(H2,29,36)(H,31,33)(H,32,35)/t16-,24+. The summed E-state index contributed by atoms with van der Waals surface area (Å²) in [7, 11) is 0. The molecule has 3 aromatic rings. The molecule has 14 heteroatoms. The zero-order valence-corrected chi connectivity index (χ0v) is 21.5. The lowest BCUT2D eigenvalue weighted by Crippen LogP contribution is -2.63. The van der Waals surface area contributed by atoms with Crippen LogP contribution in [-0.2, 0) is 16.6 Å². The fourth-order valence-electron chi connectivity index (χ4n) is 5.17. The van der Waals surface area contributed by atoms with Gasteiger partial charge in [0.05, 0.1) is 34.1 Å². The Morgan fingerprint density at radius 2 is 1.97 bits per heavy atom. The lowest BCUT2D eigenvalue weighted by atomic mass is 9.80. The number of halogens is 3. The van der Waals surface area contributed by atoms with Crippen molar-refractivity contribution in [1.82, 2.24) is 20.2 Å². The van der Waals surface area contributed by atoms with Gasteiger partial charge in [0.2, 0.25) is 11.8 Å². The van der Waals surface area contributed by atoms with Gasteiger partial charge in [-0.1, -0.05) is 0 Å². The third-order valence-electron chi connectivity index (χ3n) is 7.22. The number of alkyl halides is 3. The number of likely N-dealkylation sites (tertiary alicyclic amines) is 1. The molecule has 3 heterocycles. The van der Waals surface area contributed by atoms with Crippen molar-refractivity contribution in [2.75, 3.05) is 25.0 Å². The second-order valence-electron chi connectivity index (χ2n) is 9.86. The van der Waals surface area contributed by atoms with Gasteiger partial charge < -0.3 is 26.2 Å². The number of thiazole rings is 1. The molecular formula is C25H27F3N6O4S. The van der Waals surface area contributed by atoms with Gasteiger partial charge in [-0.2, -0.15) is 13.2 Å². The Hall–Kier alpha value is -3.49. The van der Waals surface area contributed by atoms with Crippen molar-refractivity contribution in [2.24, 2.45) is 5.73 Å². The summed E-state index contributed by atoms with van der Waals surface area (Å²) >= 11 is 1.46. The van der Waals surface area contributed by atoms with Gasteiger partial charge >= 0.3 is 12.3 Å². The highest BCUT2D eigenvalue weighted by Gasteiger charge is 2.41. The number of nitrogens with one attached hydrogen (secondary N) is 2. The molecule has 2 amide bonds. The lowest BCUT2D eigenvalue weighted by Gasteiger charge is -2.48. The molecule has 5 N–H and O–H groups in total. The number of benzene rings is 1. The average Bonchev–Trinajstić information content (AvgIpc) is 3.40. The monoisotopic (exact) mass is 564 g/mol. The summed E-state index contributed by atoms with van der Waals surface area (Å²) in [5, 5.41) is 16.8. The maximum Gasteiger partial charge on any atom is 0.416 e. The van der Waals surface area contributed by atoms with Crippen LogP contribution in [0.4, 0.5) is 23.7 Å². The molecule has 1 saturated carbocycles. The van der Waals surface area contributed by atoms with Crippen LogP contribution in [0.1, 0.15) is 36.1 Å². The van der Waals surface area contributed by atoms with Crippen LogP contribution >= 0.6 is 11.3 Å². The van der Waals surface area contributed by atoms with Crippen molar-refractivity contribution in [1.29, 1.82) is 0 Å². The zero-order chi connectivity index (χ0) is 27.8. The molecule has 2 aromatic heterocycles. The molecule has 1 aliphatic carbocycles. The van der Waals surface area contributed by atoms with Crippen molar-refractivity contribution in [3.63, 3.8) is 0 Å². The quantitative estimate of drug-likeness (QED) is 0.343. The number of fused-ring (bicyclic) bond motifs is 1. The van der Waals surface area contributed by atoms with Crippen LogP contribution in [0.25, 0.3) is 10.9 Å². The van der Waals surface area contributed by atoms with Crippen LogP contribution in [0.3, 0.4) is 0 Å². The Morgan fingerprint density at radius 3 is 2.62 bits per heavy atom. The predicted octanol–water partition coefficient (Wildman–Crippen LogP) is 3.21. The number of carbonyl (C=O) groups is 2. The van der Waals surface area contributed by atoms with E-state index in [-0.39, 0.29) is 41.0 Å². The first kappa shape index (κ1) is 27.1. The van der Waals surface area contributed by atoms with E-state index in [0.717, 1.165) is 35.9 Å². The number of carbonyl (C=O) groups excluding carboxylic acids is 2. The van der Waals surface area contributed by atoms with Gasteiger partial charge in [0.25, 0.3) is 0 Å². The van der Waals surface area contributed by atoms with Crippen LogP contribution in [0.5, 0.6) is 5.88 Å². The summed E-state index contributed by atoms with van der Waals surface area (Å²) in [5.74, 6) is -0.542. The Labute approximate surface area is 225 Å². The first-order chi connectivity index (χ1) is 18.5. The van der Waals surface area contributed by atoms with E-state index in [4.69, 9.17) is 10.5 Å². The molecule has 0 bridgehead atoms. The normalized spacial score (nSPS) is 22.3. The van der Waals surface area contributed by atoms with Crippen molar-refractivity contribution in [3.8, 4) is 5.88 Å². The molecule has 5 rings (SSSR count). The number of hydrogen-bond acceptors (Lipinski definition) is 9. The highest BCUT2D eigenvalue weighted by Crippen LogP contribution is 2.41. The molecule has 0 spiro atoms. The summed E-state index contributed by atoms with van der Waals surface area (Å²) in [5.41, 5.74) is 5.35. The maximum atomic E-state index is 13.3. The fraction of sp³-hybridized carbons (Fsp3) is 0.440. The number of rotatable bonds is 7. The van der Waals surface area contributed by atoms with Gasteiger partial charge in [-0.25, -0.2) is 9.78 Å². The van der Waals surface area contributed by atoms with E-state index in [1.807, 2.05) is 0 Å². The Bertz CT molecular complexity index is 1360. The van der Waals surface area contributed by atoms with Crippen molar-refractivity contribution in [3.05, 3.63) is 46.4 Å². The first-order valence-electron chi connectivity index (χ1n) is 12.4. The number of aliphatic hydroxyl groups is 1. The van der Waals surface area contributed by atoms with Crippen LogP contribution in [0.2, 0.25) is 0 Å². The molecule has 1 aromatic carbocycles. The molecular weight excluding hydrogens is 537 g/mol. The van der Waals surface area contributed by atoms with E-state index in [2.05, 4.69) is 25.5 Å². The Balaban J connectivity index is 1.16. The molecule has 1 saturated heterocycles. The summed E-state index contributed by atoms with van der Waals surface area (Å²) in [6.45, 7) is 1.14. The lowest BCUT2D eigenvalue weighted by molar-refractivity contribution is -0.137. The summed E-state index contributed by atoms with van der Waals surface area (Å²) in [6, 6.07) is 4.45. The number of hydrogen-bond donors (Lipinski definition) is 4. The fourth-order valence-corrected chi connectivity index (χ4v) is 5.95. The topological polar surface area (TPSA) is 143 Å². The van der Waals surface area contributed by atoms with Gasteiger partial charge in [-0.3, -0.25) is 14.7 Å². The predicted molar refractivity (Wildman–Crippen MR) is 137 cm³/mol. The van der Waals surface area contributed by atoms with Crippen LogP contribution in [0.15, 0.2) is 36.0 Å². The van der Waals surface area contributed by atoms with E-state index in [9.17, 15) is 27.9 Å². The van der Waals surface area contributed by atoms with Crippen molar-refractivity contribution < 1.29 is 32.6 Å². The molecule has 0 atom stereocenters. The Kier molecular flexibility index (Phi) is 7.35. The smallest absolute Gasteiger partial charge is 0.391 e. The third-order valence-corrected chi connectivity index (χ3v) is 8.19. The summed E-state index contributed by atoms with van der Waals surface area (Å²) < 4.78 is 44.6. The van der Waals surface area contributed by atoms with E-state index >= 15 is 0 Å². The Morgan fingerprint density at radius 1 is 1.23 bits per heavy atom. The third kappa shape index (κ3) is 6.07. The molecule has 39 heavy (non-hydrogen) atoms. The largest absolute Gasteiger partial charge is 0.416 e. The number of aromatic nitrogens is 2. The minimum atomic E-state index is -4.57. The molecule has 208 valence electrons.